The summed E-state index contributed by atoms with van der Waals surface area (Å²) in [6.45, 7) is 1.84. The van der Waals surface area contributed by atoms with Gasteiger partial charge in [0.1, 0.15) is 11.3 Å². The summed E-state index contributed by atoms with van der Waals surface area (Å²) in [5.74, 6) is 0.510. The van der Waals surface area contributed by atoms with Gasteiger partial charge in [-0.25, -0.2) is 4.79 Å². The van der Waals surface area contributed by atoms with E-state index in [9.17, 15) is 4.79 Å². The van der Waals surface area contributed by atoms with Crippen LogP contribution in [0.5, 0.6) is 5.75 Å². The van der Waals surface area contributed by atoms with E-state index in [4.69, 9.17) is 14.9 Å². The Morgan fingerprint density at radius 2 is 2.07 bits per heavy atom. The van der Waals surface area contributed by atoms with E-state index in [0.29, 0.717) is 17.0 Å². The maximum atomic E-state index is 11.2. The number of anilines is 1. The van der Waals surface area contributed by atoms with Gasteiger partial charge in [0.2, 0.25) is 0 Å². The van der Waals surface area contributed by atoms with Gasteiger partial charge < -0.3 is 14.9 Å². The fourth-order valence-electron chi connectivity index (χ4n) is 1.54. The Kier molecular flexibility index (Phi) is 2.11. The quantitative estimate of drug-likeness (QED) is 0.568. The van der Waals surface area contributed by atoms with Crippen molar-refractivity contribution in [1.29, 1.82) is 0 Å². The monoisotopic (exact) mass is 205 g/mol. The van der Waals surface area contributed by atoms with Crippen LogP contribution in [-0.2, 0) is 0 Å². The Morgan fingerprint density at radius 1 is 1.33 bits per heavy atom. The van der Waals surface area contributed by atoms with E-state index in [1.165, 1.54) is 13.2 Å². The average Bonchev–Trinajstić information content (AvgIpc) is 2.18. The number of rotatable bonds is 1. The van der Waals surface area contributed by atoms with Gasteiger partial charge in [-0.1, -0.05) is 0 Å². The normalized spacial score (nSPS) is 10.5. The van der Waals surface area contributed by atoms with Crippen LogP contribution < -0.4 is 16.1 Å². The molecule has 0 aliphatic heterocycles. The fraction of sp³-hybridized carbons (Fsp3) is 0.182. The van der Waals surface area contributed by atoms with Crippen molar-refractivity contribution in [2.75, 3.05) is 12.8 Å². The first-order valence-corrected chi connectivity index (χ1v) is 4.50. The molecular formula is C11H11NO3. The number of ether oxygens (including phenoxy) is 1. The lowest BCUT2D eigenvalue weighted by atomic mass is 10.1. The molecule has 0 aliphatic rings. The third kappa shape index (κ3) is 1.54. The molecule has 0 aliphatic carbocycles. The number of fused-ring (bicyclic) bond motifs is 1. The van der Waals surface area contributed by atoms with Crippen LogP contribution in [0.2, 0.25) is 0 Å². The number of hydrogen-bond acceptors (Lipinski definition) is 4. The van der Waals surface area contributed by atoms with Crippen molar-refractivity contribution in [3.8, 4) is 5.75 Å². The van der Waals surface area contributed by atoms with Gasteiger partial charge in [0.15, 0.2) is 0 Å². The predicted molar refractivity (Wildman–Crippen MR) is 58.2 cm³/mol. The molecule has 4 heteroatoms. The summed E-state index contributed by atoms with van der Waals surface area (Å²) >= 11 is 0. The zero-order valence-electron chi connectivity index (χ0n) is 8.53. The van der Waals surface area contributed by atoms with Crippen LogP contribution in [0.15, 0.2) is 27.4 Å². The molecule has 0 radical (unpaired) electrons. The van der Waals surface area contributed by atoms with Crippen LogP contribution in [0.4, 0.5) is 5.69 Å². The predicted octanol–water partition coefficient (Wildman–Crippen LogP) is 1.69. The van der Waals surface area contributed by atoms with E-state index in [0.717, 1.165) is 10.9 Å². The second kappa shape index (κ2) is 3.31. The van der Waals surface area contributed by atoms with Gasteiger partial charge in [-0.2, -0.15) is 0 Å². The number of hydrogen-bond donors (Lipinski definition) is 1. The minimum atomic E-state index is -0.369. The molecule has 0 spiro atoms. The van der Waals surface area contributed by atoms with Crippen LogP contribution in [0.3, 0.4) is 0 Å². The summed E-state index contributed by atoms with van der Waals surface area (Å²) in [6.07, 6.45) is 0. The summed E-state index contributed by atoms with van der Waals surface area (Å²) in [5.41, 5.74) is 7.26. The number of nitrogens with two attached hydrogens (primary N) is 1. The van der Waals surface area contributed by atoms with Crippen molar-refractivity contribution in [3.05, 3.63) is 34.2 Å². The van der Waals surface area contributed by atoms with E-state index >= 15 is 0 Å². The topological polar surface area (TPSA) is 65.5 Å². The molecule has 2 N–H and O–H groups in total. The van der Waals surface area contributed by atoms with Crippen molar-refractivity contribution in [1.82, 2.24) is 0 Å². The highest BCUT2D eigenvalue weighted by atomic mass is 16.5. The first kappa shape index (κ1) is 9.58. The maximum absolute atomic E-state index is 11.2. The summed E-state index contributed by atoms with van der Waals surface area (Å²) < 4.78 is 10.1. The molecule has 2 aromatic rings. The lowest BCUT2D eigenvalue weighted by molar-refractivity contribution is 0.416. The van der Waals surface area contributed by atoms with Gasteiger partial charge >= 0.3 is 5.63 Å². The number of aryl methyl sites for hydroxylation is 1. The third-order valence-corrected chi connectivity index (χ3v) is 2.30. The molecular weight excluding hydrogens is 194 g/mol. The minimum absolute atomic E-state index is 0.369. The SMILES string of the molecule is COc1cc2oc(=O)cc(C)c2cc1N. The first-order valence-electron chi connectivity index (χ1n) is 4.50. The molecule has 78 valence electrons. The number of benzene rings is 1. The Morgan fingerprint density at radius 3 is 2.73 bits per heavy atom. The Bertz CT molecular complexity index is 572. The largest absolute Gasteiger partial charge is 0.494 e. The lowest BCUT2D eigenvalue weighted by Crippen LogP contribution is -1.99. The summed E-state index contributed by atoms with van der Waals surface area (Å²) in [5, 5.41) is 0.827. The zero-order valence-corrected chi connectivity index (χ0v) is 8.53. The molecule has 0 fully saturated rings. The Labute approximate surface area is 86.3 Å². The van der Waals surface area contributed by atoms with Crippen molar-refractivity contribution in [2.45, 2.75) is 6.92 Å². The van der Waals surface area contributed by atoms with E-state index in [-0.39, 0.29) is 5.63 Å². The Hall–Kier alpha value is -1.97. The molecule has 0 saturated heterocycles. The molecule has 2 rings (SSSR count). The third-order valence-electron chi connectivity index (χ3n) is 2.30. The summed E-state index contributed by atoms with van der Waals surface area (Å²) in [7, 11) is 1.52. The Balaban J connectivity index is 2.87. The highest BCUT2D eigenvalue weighted by Crippen LogP contribution is 2.28. The molecule has 0 unspecified atom stereocenters. The minimum Gasteiger partial charge on any atom is -0.494 e. The van der Waals surface area contributed by atoms with E-state index < -0.39 is 0 Å². The van der Waals surface area contributed by atoms with Crippen LogP contribution in [0.25, 0.3) is 11.0 Å². The van der Waals surface area contributed by atoms with Gasteiger partial charge in [-0.15, -0.1) is 0 Å². The van der Waals surface area contributed by atoms with Crippen molar-refractivity contribution < 1.29 is 9.15 Å². The number of methoxy groups -OCH3 is 1. The lowest BCUT2D eigenvalue weighted by Gasteiger charge is -2.06. The van der Waals surface area contributed by atoms with E-state index in [1.807, 2.05) is 6.92 Å². The number of nitrogen functional groups attached to an aromatic ring is 1. The van der Waals surface area contributed by atoms with E-state index in [2.05, 4.69) is 0 Å². The van der Waals surface area contributed by atoms with E-state index in [1.54, 1.807) is 12.1 Å². The van der Waals surface area contributed by atoms with Crippen molar-refractivity contribution in [3.63, 3.8) is 0 Å². The van der Waals surface area contributed by atoms with Crippen LogP contribution in [0.1, 0.15) is 5.56 Å². The van der Waals surface area contributed by atoms with Crippen molar-refractivity contribution in [2.24, 2.45) is 0 Å². The molecule has 15 heavy (non-hydrogen) atoms. The smallest absolute Gasteiger partial charge is 0.336 e. The summed E-state index contributed by atoms with van der Waals surface area (Å²) in [4.78, 5) is 11.2. The molecule has 1 aromatic heterocycles. The van der Waals surface area contributed by atoms with Gasteiger partial charge in [0.05, 0.1) is 12.8 Å². The van der Waals surface area contributed by atoms with Gasteiger partial charge in [0.25, 0.3) is 0 Å². The van der Waals surface area contributed by atoms with Crippen LogP contribution >= 0.6 is 0 Å². The molecule has 1 aromatic carbocycles. The standard InChI is InChI=1S/C11H11NO3/c1-6-3-11(13)15-9-5-10(14-2)8(12)4-7(6)9/h3-5H,12H2,1-2H3. The first-order chi connectivity index (χ1) is 7.11. The molecule has 0 saturated carbocycles. The molecule has 0 amide bonds. The fourth-order valence-corrected chi connectivity index (χ4v) is 1.54. The summed E-state index contributed by atoms with van der Waals surface area (Å²) in [6, 6.07) is 4.81. The molecule has 1 heterocycles. The highest BCUT2D eigenvalue weighted by Gasteiger charge is 2.07. The van der Waals surface area contributed by atoms with Crippen LogP contribution in [0, 0.1) is 6.92 Å². The van der Waals surface area contributed by atoms with Gasteiger partial charge in [0, 0.05) is 17.5 Å². The van der Waals surface area contributed by atoms with Crippen molar-refractivity contribution >= 4 is 16.7 Å². The molecule has 4 nitrogen and oxygen atoms in total. The average molecular weight is 205 g/mol. The second-order valence-corrected chi connectivity index (χ2v) is 3.34. The molecule has 0 bridgehead atoms. The van der Waals surface area contributed by atoms with Gasteiger partial charge in [-0.3, -0.25) is 0 Å². The highest BCUT2D eigenvalue weighted by molar-refractivity contribution is 5.86. The van der Waals surface area contributed by atoms with Crippen LogP contribution in [-0.4, -0.2) is 7.11 Å². The molecule has 0 atom stereocenters. The maximum Gasteiger partial charge on any atom is 0.336 e. The second-order valence-electron chi connectivity index (χ2n) is 3.34. The zero-order chi connectivity index (χ0) is 11.0. The van der Waals surface area contributed by atoms with Gasteiger partial charge in [-0.05, 0) is 18.6 Å².